The van der Waals surface area contributed by atoms with E-state index in [-0.39, 0.29) is 36.1 Å². The fourth-order valence-electron chi connectivity index (χ4n) is 2.55. The van der Waals surface area contributed by atoms with E-state index in [1.807, 2.05) is 0 Å². The summed E-state index contributed by atoms with van der Waals surface area (Å²) in [6.45, 7) is 0.981. The Morgan fingerprint density at radius 3 is 2.82 bits per heavy atom. The Kier molecular flexibility index (Phi) is 3.70. The van der Waals surface area contributed by atoms with Crippen LogP contribution in [-0.2, 0) is 19.4 Å². The summed E-state index contributed by atoms with van der Waals surface area (Å²) < 4.78 is 28.1. The van der Waals surface area contributed by atoms with Crippen molar-refractivity contribution in [2.45, 2.75) is 24.9 Å². The van der Waals surface area contributed by atoms with Crippen LogP contribution in [-0.4, -0.2) is 62.6 Å². The molecule has 2 aliphatic heterocycles. The molecule has 2 N–H and O–H groups in total. The number of nitrogens with two attached hydrogens (primary N) is 1. The minimum atomic E-state index is -2.97. The summed E-state index contributed by atoms with van der Waals surface area (Å²) in [5.74, 6) is 0.147. The molecule has 17 heavy (non-hydrogen) atoms. The smallest absolute Gasteiger partial charge is 0.249 e. The number of sulfone groups is 1. The topological polar surface area (TPSA) is 89.7 Å². The summed E-state index contributed by atoms with van der Waals surface area (Å²) >= 11 is 0. The van der Waals surface area contributed by atoms with Crippen molar-refractivity contribution in [3.8, 4) is 0 Å². The molecule has 6 nitrogen and oxygen atoms in total. The molecule has 0 aromatic heterocycles. The average molecular weight is 262 g/mol. The Bertz CT molecular complexity index is 393. The van der Waals surface area contributed by atoms with Gasteiger partial charge in [-0.2, -0.15) is 0 Å². The molecule has 0 radical (unpaired) electrons. The summed E-state index contributed by atoms with van der Waals surface area (Å²) in [5, 5.41) is 0. The van der Waals surface area contributed by atoms with Gasteiger partial charge < -0.3 is 15.4 Å². The number of hydrogen-bond acceptors (Lipinski definition) is 5. The molecule has 2 unspecified atom stereocenters. The number of carbonyl (C=O) groups excluding carboxylic acids is 1. The molecule has 1 amide bonds. The molecule has 0 saturated carbocycles. The number of morpholine rings is 1. The minimum Gasteiger partial charge on any atom is -0.369 e. The van der Waals surface area contributed by atoms with Crippen LogP contribution in [0.2, 0.25) is 0 Å². The van der Waals surface area contributed by atoms with Crippen LogP contribution < -0.4 is 5.73 Å². The van der Waals surface area contributed by atoms with Crippen LogP contribution in [0.15, 0.2) is 0 Å². The molecular weight excluding hydrogens is 244 g/mol. The van der Waals surface area contributed by atoms with Gasteiger partial charge in [-0.05, 0) is 19.4 Å². The summed E-state index contributed by atoms with van der Waals surface area (Å²) in [6.07, 6.45) is 1.19. The van der Waals surface area contributed by atoms with Gasteiger partial charge >= 0.3 is 0 Å². The molecule has 98 valence electrons. The normalized spacial score (nSPS) is 33.0. The zero-order valence-corrected chi connectivity index (χ0v) is 10.5. The quantitative estimate of drug-likeness (QED) is 0.686. The monoisotopic (exact) mass is 262 g/mol. The van der Waals surface area contributed by atoms with Gasteiger partial charge in [0.25, 0.3) is 0 Å². The van der Waals surface area contributed by atoms with Crippen molar-refractivity contribution in [2.24, 2.45) is 5.73 Å². The van der Waals surface area contributed by atoms with Crippen LogP contribution in [0.3, 0.4) is 0 Å². The first kappa shape index (κ1) is 12.8. The number of amides is 1. The van der Waals surface area contributed by atoms with Crippen molar-refractivity contribution in [3.05, 3.63) is 0 Å². The van der Waals surface area contributed by atoms with Crippen LogP contribution in [0.1, 0.15) is 12.8 Å². The summed E-state index contributed by atoms with van der Waals surface area (Å²) in [7, 11) is -2.97. The Hall–Kier alpha value is -0.660. The van der Waals surface area contributed by atoms with Crippen molar-refractivity contribution in [2.75, 3.05) is 31.3 Å². The molecule has 2 atom stereocenters. The standard InChI is InChI=1S/C10H18N2O4S/c11-3-1-8-5-16-6-10(13)12(8)9-2-4-17(14,15)7-9/h8-9H,1-7,11H2. The van der Waals surface area contributed by atoms with Crippen molar-refractivity contribution in [3.63, 3.8) is 0 Å². The molecule has 0 aromatic rings. The highest BCUT2D eigenvalue weighted by molar-refractivity contribution is 7.91. The van der Waals surface area contributed by atoms with Crippen LogP contribution in [0.5, 0.6) is 0 Å². The molecular formula is C10H18N2O4S. The lowest BCUT2D eigenvalue weighted by Crippen LogP contribution is -2.55. The van der Waals surface area contributed by atoms with E-state index in [0.717, 1.165) is 0 Å². The molecule has 0 aliphatic carbocycles. The predicted octanol–water partition coefficient (Wildman–Crippen LogP) is -1.25. The van der Waals surface area contributed by atoms with Crippen molar-refractivity contribution < 1.29 is 17.9 Å². The van der Waals surface area contributed by atoms with E-state index in [2.05, 4.69) is 0 Å². The van der Waals surface area contributed by atoms with Crippen molar-refractivity contribution in [1.82, 2.24) is 4.90 Å². The molecule has 7 heteroatoms. The van der Waals surface area contributed by atoms with E-state index in [0.29, 0.717) is 26.0 Å². The van der Waals surface area contributed by atoms with Crippen molar-refractivity contribution in [1.29, 1.82) is 0 Å². The maximum absolute atomic E-state index is 11.8. The van der Waals surface area contributed by atoms with Gasteiger partial charge in [0.15, 0.2) is 9.84 Å². The first-order valence-corrected chi connectivity index (χ1v) is 7.65. The molecule has 2 fully saturated rings. The average Bonchev–Trinajstić information content (AvgIpc) is 2.59. The van der Waals surface area contributed by atoms with Gasteiger partial charge in [-0.25, -0.2) is 8.42 Å². The fourth-order valence-corrected chi connectivity index (χ4v) is 4.26. The van der Waals surface area contributed by atoms with E-state index in [9.17, 15) is 13.2 Å². The third-order valence-corrected chi connectivity index (χ3v) is 5.07. The zero-order chi connectivity index (χ0) is 12.5. The number of ether oxygens (including phenoxy) is 1. The lowest BCUT2D eigenvalue weighted by molar-refractivity contribution is -0.151. The Morgan fingerprint density at radius 2 is 2.24 bits per heavy atom. The Morgan fingerprint density at radius 1 is 1.47 bits per heavy atom. The summed E-state index contributed by atoms with van der Waals surface area (Å²) in [5.41, 5.74) is 5.51. The van der Waals surface area contributed by atoms with Gasteiger partial charge in [-0.1, -0.05) is 0 Å². The maximum atomic E-state index is 11.8. The highest BCUT2D eigenvalue weighted by Gasteiger charge is 2.39. The van der Waals surface area contributed by atoms with Gasteiger partial charge in [-0.15, -0.1) is 0 Å². The first-order chi connectivity index (χ1) is 8.03. The predicted molar refractivity (Wildman–Crippen MR) is 62.2 cm³/mol. The Labute approximate surface area is 101 Å². The second-order valence-corrected chi connectivity index (χ2v) is 6.83. The Balaban J connectivity index is 2.12. The largest absolute Gasteiger partial charge is 0.369 e. The maximum Gasteiger partial charge on any atom is 0.249 e. The minimum absolute atomic E-state index is 0.0532. The third-order valence-electron chi connectivity index (χ3n) is 3.32. The van der Waals surface area contributed by atoms with E-state index in [1.165, 1.54) is 0 Å². The zero-order valence-electron chi connectivity index (χ0n) is 9.67. The lowest BCUT2D eigenvalue weighted by atomic mass is 10.1. The van der Waals surface area contributed by atoms with Gasteiger partial charge in [0, 0.05) is 6.04 Å². The van der Waals surface area contributed by atoms with Crippen molar-refractivity contribution >= 4 is 15.7 Å². The molecule has 0 aromatic carbocycles. The van der Waals surface area contributed by atoms with E-state index >= 15 is 0 Å². The van der Waals surface area contributed by atoms with Crippen LogP contribution in [0.4, 0.5) is 0 Å². The highest BCUT2D eigenvalue weighted by atomic mass is 32.2. The van der Waals surface area contributed by atoms with Gasteiger partial charge in [0.05, 0.1) is 24.2 Å². The van der Waals surface area contributed by atoms with Crippen LogP contribution in [0, 0.1) is 0 Å². The SMILES string of the molecule is NCCC1COCC(=O)N1C1CCS(=O)(=O)C1. The van der Waals surface area contributed by atoms with Gasteiger partial charge in [-0.3, -0.25) is 4.79 Å². The van der Waals surface area contributed by atoms with Gasteiger partial charge in [0.1, 0.15) is 6.61 Å². The molecule has 2 saturated heterocycles. The summed E-state index contributed by atoms with van der Waals surface area (Å²) in [6, 6.07) is -0.257. The second kappa shape index (κ2) is 4.91. The molecule has 2 aliphatic rings. The molecule has 2 rings (SSSR count). The van der Waals surface area contributed by atoms with Crippen LogP contribution >= 0.6 is 0 Å². The lowest BCUT2D eigenvalue weighted by Gasteiger charge is -2.39. The number of hydrogen-bond donors (Lipinski definition) is 1. The molecule has 2 heterocycles. The molecule has 0 spiro atoms. The number of carbonyl (C=O) groups is 1. The number of rotatable bonds is 3. The van der Waals surface area contributed by atoms with Crippen LogP contribution in [0.25, 0.3) is 0 Å². The number of nitrogens with zero attached hydrogens (tertiary/aromatic N) is 1. The highest BCUT2D eigenvalue weighted by Crippen LogP contribution is 2.23. The fraction of sp³-hybridized carbons (Fsp3) is 0.900. The molecule has 0 bridgehead atoms. The first-order valence-electron chi connectivity index (χ1n) is 5.83. The van der Waals surface area contributed by atoms with Gasteiger partial charge in [0.2, 0.25) is 5.91 Å². The van der Waals surface area contributed by atoms with E-state index < -0.39 is 9.84 Å². The summed E-state index contributed by atoms with van der Waals surface area (Å²) in [4.78, 5) is 13.5. The van der Waals surface area contributed by atoms with E-state index in [1.54, 1.807) is 4.90 Å². The third kappa shape index (κ3) is 2.78. The second-order valence-electron chi connectivity index (χ2n) is 4.60. The van der Waals surface area contributed by atoms with E-state index in [4.69, 9.17) is 10.5 Å².